The Morgan fingerprint density at radius 2 is 2.15 bits per heavy atom. The van der Waals surface area contributed by atoms with Gasteiger partial charge in [0.15, 0.2) is 11.3 Å². The van der Waals surface area contributed by atoms with Crippen LogP contribution in [-0.4, -0.2) is 12.1 Å². The number of methoxy groups -OCH3 is 1. The smallest absolute Gasteiger partial charge is 0.269 e. The fraction of sp³-hybridized carbons (Fsp3) is 0.375. The van der Waals surface area contributed by atoms with Crippen LogP contribution in [0.3, 0.4) is 0 Å². The molecule has 0 aliphatic heterocycles. The molecule has 0 aliphatic rings. The first-order valence-corrected chi connectivity index (χ1v) is 3.62. The Bertz CT molecular complexity index is 360. The number of hydrogen-bond donors (Lipinski definition) is 1. The van der Waals surface area contributed by atoms with Gasteiger partial charge in [0.05, 0.1) is 18.2 Å². The van der Waals surface area contributed by atoms with Gasteiger partial charge in [-0.3, -0.25) is 4.79 Å². The minimum atomic E-state index is -2.76. The van der Waals surface area contributed by atoms with Crippen molar-refractivity contribution < 1.29 is 13.5 Å². The number of nitrogens with one attached hydrogen (secondary N) is 1. The summed E-state index contributed by atoms with van der Waals surface area (Å²) in [5.74, 6) is 0.217. The van der Waals surface area contributed by atoms with Crippen molar-refractivity contribution in [3.63, 3.8) is 0 Å². The third kappa shape index (κ3) is 1.68. The van der Waals surface area contributed by atoms with Crippen LogP contribution in [0.1, 0.15) is 17.6 Å². The average molecular weight is 189 g/mol. The molecular weight excluding hydrogens is 180 g/mol. The summed E-state index contributed by atoms with van der Waals surface area (Å²) in [7, 11) is 1.36. The predicted molar refractivity (Wildman–Crippen MR) is 43.3 cm³/mol. The van der Waals surface area contributed by atoms with Gasteiger partial charge in [-0.25, -0.2) is 8.78 Å². The van der Waals surface area contributed by atoms with Crippen LogP contribution < -0.4 is 10.2 Å². The van der Waals surface area contributed by atoms with Crippen molar-refractivity contribution in [2.45, 2.75) is 13.3 Å². The van der Waals surface area contributed by atoms with Crippen molar-refractivity contribution in [3.8, 4) is 5.88 Å². The molecule has 3 nitrogen and oxygen atoms in total. The molecule has 1 N–H and O–H groups in total. The first-order valence-electron chi connectivity index (χ1n) is 3.62. The summed E-state index contributed by atoms with van der Waals surface area (Å²) < 4.78 is 29.1. The molecule has 1 rings (SSSR count). The maximum Gasteiger partial charge on any atom is 0.269 e. The normalized spacial score (nSPS) is 10.5. The molecule has 0 radical (unpaired) electrons. The van der Waals surface area contributed by atoms with Crippen LogP contribution >= 0.6 is 0 Å². The maximum absolute atomic E-state index is 12.2. The van der Waals surface area contributed by atoms with Gasteiger partial charge in [-0.05, 0) is 6.92 Å². The Labute approximate surface area is 73.4 Å². The molecule has 13 heavy (non-hydrogen) atoms. The lowest BCUT2D eigenvalue weighted by Crippen LogP contribution is -2.14. The fourth-order valence-corrected chi connectivity index (χ4v) is 1.01. The van der Waals surface area contributed by atoms with Gasteiger partial charge in [-0.1, -0.05) is 0 Å². The first-order chi connectivity index (χ1) is 6.07. The van der Waals surface area contributed by atoms with Crippen molar-refractivity contribution in [3.05, 3.63) is 27.5 Å². The Balaban J connectivity index is 3.32. The topological polar surface area (TPSA) is 42.1 Å². The van der Waals surface area contributed by atoms with Gasteiger partial charge in [-0.15, -0.1) is 0 Å². The molecule has 0 atom stereocenters. The van der Waals surface area contributed by atoms with Crippen molar-refractivity contribution in [1.29, 1.82) is 0 Å². The fourth-order valence-electron chi connectivity index (χ4n) is 1.01. The number of aromatic amines is 1. The number of alkyl halides is 2. The molecule has 72 valence electrons. The molecule has 0 spiro atoms. The van der Waals surface area contributed by atoms with Crippen LogP contribution in [0.2, 0.25) is 0 Å². The standard InChI is InChI=1S/C8H9F2NO2/c1-4-6(12)5(7(9)10)3-11-8(4)13-2/h3,7H,1-2H3,(H,11,12). The number of halogens is 2. The summed E-state index contributed by atoms with van der Waals surface area (Å²) >= 11 is 0. The molecule has 0 aromatic carbocycles. The molecule has 0 amide bonds. The molecular formula is C8H9F2NO2. The van der Waals surface area contributed by atoms with E-state index in [0.29, 0.717) is 0 Å². The summed E-state index contributed by atoms with van der Waals surface area (Å²) in [6.45, 7) is 1.43. The highest BCUT2D eigenvalue weighted by atomic mass is 19.3. The average Bonchev–Trinajstić information content (AvgIpc) is 2.09. The first kappa shape index (κ1) is 9.70. The largest absolute Gasteiger partial charge is 0.482 e. The third-order valence-electron chi connectivity index (χ3n) is 1.74. The van der Waals surface area contributed by atoms with E-state index >= 15 is 0 Å². The van der Waals surface area contributed by atoms with E-state index in [2.05, 4.69) is 4.98 Å². The van der Waals surface area contributed by atoms with Crippen molar-refractivity contribution in [2.24, 2.45) is 0 Å². The Hall–Kier alpha value is -1.39. The Kier molecular flexibility index (Phi) is 2.65. The highest BCUT2D eigenvalue weighted by Crippen LogP contribution is 2.17. The summed E-state index contributed by atoms with van der Waals surface area (Å²) in [4.78, 5) is 13.7. The molecule has 1 aromatic rings. The van der Waals surface area contributed by atoms with Gasteiger partial charge in [0, 0.05) is 6.20 Å². The summed E-state index contributed by atoms with van der Waals surface area (Å²) in [6, 6.07) is 0. The highest BCUT2D eigenvalue weighted by Gasteiger charge is 2.15. The maximum atomic E-state index is 12.2. The van der Waals surface area contributed by atoms with Gasteiger partial charge in [-0.2, -0.15) is 0 Å². The Morgan fingerprint density at radius 1 is 1.54 bits per heavy atom. The van der Waals surface area contributed by atoms with E-state index in [0.717, 1.165) is 6.20 Å². The monoisotopic (exact) mass is 189 g/mol. The summed E-state index contributed by atoms with van der Waals surface area (Å²) in [6.07, 6.45) is -1.79. The SMILES string of the molecule is COc1[nH]cc(C(F)F)c(=O)c1C. The van der Waals surface area contributed by atoms with Gasteiger partial charge in [0.25, 0.3) is 6.43 Å². The number of H-pyrrole nitrogens is 1. The summed E-state index contributed by atoms with van der Waals surface area (Å²) in [5.41, 5.74) is -1.04. The molecule has 5 heteroatoms. The second-order valence-electron chi connectivity index (χ2n) is 2.53. The van der Waals surface area contributed by atoms with Crippen LogP contribution in [0, 0.1) is 6.92 Å². The van der Waals surface area contributed by atoms with Gasteiger partial charge >= 0.3 is 0 Å². The number of hydrogen-bond acceptors (Lipinski definition) is 2. The van der Waals surface area contributed by atoms with Crippen molar-refractivity contribution >= 4 is 0 Å². The minimum absolute atomic E-state index is 0.167. The quantitative estimate of drug-likeness (QED) is 0.768. The zero-order chi connectivity index (χ0) is 10.0. The van der Waals surface area contributed by atoms with Gasteiger partial charge in [0.1, 0.15) is 0 Å². The van der Waals surface area contributed by atoms with E-state index < -0.39 is 17.4 Å². The summed E-state index contributed by atoms with van der Waals surface area (Å²) in [5, 5.41) is 0. The number of rotatable bonds is 2. The molecule has 1 aromatic heterocycles. The molecule has 0 saturated heterocycles. The zero-order valence-electron chi connectivity index (χ0n) is 7.23. The molecule has 1 heterocycles. The number of ether oxygens (including phenoxy) is 1. The van der Waals surface area contributed by atoms with Crippen LogP contribution in [0.25, 0.3) is 0 Å². The van der Waals surface area contributed by atoms with Crippen LogP contribution in [0.4, 0.5) is 8.78 Å². The number of pyridine rings is 1. The molecule has 0 unspecified atom stereocenters. The van der Waals surface area contributed by atoms with Crippen LogP contribution in [-0.2, 0) is 0 Å². The second-order valence-corrected chi connectivity index (χ2v) is 2.53. The lowest BCUT2D eigenvalue weighted by atomic mass is 10.2. The van der Waals surface area contributed by atoms with E-state index in [9.17, 15) is 13.6 Å². The molecule has 0 saturated carbocycles. The van der Waals surface area contributed by atoms with Gasteiger partial charge < -0.3 is 9.72 Å². The second kappa shape index (κ2) is 3.55. The lowest BCUT2D eigenvalue weighted by molar-refractivity contribution is 0.149. The van der Waals surface area contributed by atoms with E-state index in [1.807, 2.05) is 0 Å². The third-order valence-corrected chi connectivity index (χ3v) is 1.74. The molecule has 0 bridgehead atoms. The van der Waals surface area contributed by atoms with E-state index in [4.69, 9.17) is 4.74 Å². The minimum Gasteiger partial charge on any atom is -0.482 e. The van der Waals surface area contributed by atoms with Gasteiger partial charge in [0.2, 0.25) is 0 Å². The van der Waals surface area contributed by atoms with E-state index in [1.54, 1.807) is 0 Å². The lowest BCUT2D eigenvalue weighted by Gasteiger charge is -2.05. The molecule has 0 aliphatic carbocycles. The predicted octanol–water partition coefficient (Wildman–Crippen LogP) is 1.63. The van der Waals surface area contributed by atoms with Crippen molar-refractivity contribution in [1.82, 2.24) is 4.98 Å². The zero-order valence-corrected chi connectivity index (χ0v) is 7.23. The molecule has 0 fully saturated rings. The van der Waals surface area contributed by atoms with E-state index in [-0.39, 0.29) is 11.4 Å². The van der Waals surface area contributed by atoms with Crippen LogP contribution in [0.5, 0.6) is 5.88 Å². The Morgan fingerprint density at radius 3 is 2.62 bits per heavy atom. The van der Waals surface area contributed by atoms with E-state index in [1.165, 1.54) is 14.0 Å². The van der Waals surface area contributed by atoms with Crippen molar-refractivity contribution in [2.75, 3.05) is 7.11 Å². The number of aromatic nitrogens is 1. The van der Waals surface area contributed by atoms with Crippen LogP contribution in [0.15, 0.2) is 11.0 Å². The highest BCUT2D eigenvalue weighted by molar-refractivity contribution is 5.29.